The van der Waals surface area contributed by atoms with E-state index in [4.69, 9.17) is 11.5 Å². The molecule has 0 aliphatic rings. The van der Waals surface area contributed by atoms with Crippen molar-refractivity contribution in [2.45, 2.75) is 13.3 Å². The van der Waals surface area contributed by atoms with E-state index in [9.17, 15) is 9.59 Å². The van der Waals surface area contributed by atoms with Crippen molar-refractivity contribution in [1.82, 2.24) is 4.90 Å². The van der Waals surface area contributed by atoms with Crippen LogP contribution in [0.5, 0.6) is 0 Å². The van der Waals surface area contributed by atoms with Crippen molar-refractivity contribution in [3.8, 4) is 12.3 Å². The summed E-state index contributed by atoms with van der Waals surface area (Å²) in [5, 5.41) is 8.30. The lowest BCUT2D eigenvalue weighted by molar-refractivity contribution is -0.143. The Hall–Kier alpha value is -1.50. The molecule has 0 fully saturated rings. The third-order valence-corrected chi connectivity index (χ3v) is 1.32. The number of carbonyl (C=O) groups is 2. The maximum absolute atomic E-state index is 11.0. The van der Waals surface area contributed by atoms with Crippen molar-refractivity contribution < 1.29 is 14.7 Å². The number of hydrogen-bond donors (Lipinski definition) is 1. The highest BCUT2D eigenvalue weighted by molar-refractivity contribution is 5.93. The average Bonchev–Trinajstić information content (AvgIpc) is 1.98. The van der Waals surface area contributed by atoms with Gasteiger partial charge in [0.25, 0.3) is 0 Å². The molecule has 0 rings (SSSR count). The summed E-state index contributed by atoms with van der Waals surface area (Å²) in [5.41, 5.74) is 0. The van der Waals surface area contributed by atoms with Gasteiger partial charge in [-0.25, -0.2) is 0 Å². The zero-order valence-electron chi connectivity index (χ0n) is 6.91. The molecule has 0 atom stereocenters. The van der Waals surface area contributed by atoms with Crippen molar-refractivity contribution in [3.63, 3.8) is 0 Å². The minimum Gasteiger partial charge on any atom is -0.481 e. The average molecular weight is 169 g/mol. The van der Waals surface area contributed by atoms with Crippen molar-refractivity contribution in [2.75, 3.05) is 13.1 Å². The molecule has 0 saturated carbocycles. The predicted molar refractivity (Wildman–Crippen MR) is 43.3 cm³/mol. The topological polar surface area (TPSA) is 57.6 Å². The van der Waals surface area contributed by atoms with E-state index in [0.717, 1.165) is 0 Å². The molecule has 0 unspecified atom stereocenters. The zero-order chi connectivity index (χ0) is 9.56. The Morgan fingerprint density at radius 2 is 2.17 bits per heavy atom. The lowest BCUT2D eigenvalue weighted by atomic mass is 10.3. The number of terminal acetylenes is 1. The molecule has 1 amide bonds. The molecule has 0 saturated heterocycles. The highest BCUT2D eigenvalue weighted by atomic mass is 16.4. The van der Waals surface area contributed by atoms with E-state index in [0.29, 0.717) is 6.54 Å². The molecule has 0 aliphatic heterocycles. The van der Waals surface area contributed by atoms with Gasteiger partial charge in [0.2, 0.25) is 5.91 Å². The third kappa shape index (κ3) is 3.62. The zero-order valence-corrected chi connectivity index (χ0v) is 6.91. The molecule has 0 bridgehead atoms. The van der Waals surface area contributed by atoms with E-state index in [-0.39, 0.29) is 6.54 Å². The number of carboxylic acids is 1. The Kier molecular flexibility index (Phi) is 4.54. The second-order valence-electron chi connectivity index (χ2n) is 2.18. The molecule has 0 radical (unpaired) electrons. The normalized spacial score (nSPS) is 8.67. The SMILES string of the molecule is C#CCN(CC)C(=O)CC(=O)O. The van der Waals surface area contributed by atoms with E-state index < -0.39 is 18.3 Å². The standard InChI is InChI=1S/C8H11NO3/c1-3-5-9(4-2)7(10)6-8(11)12/h1H,4-6H2,2H3,(H,11,12). The Bertz CT molecular complexity index is 217. The van der Waals surface area contributed by atoms with E-state index in [1.807, 2.05) is 0 Å². The van der Waals surface area contributed by atoms with Gasteiger partial charge in [-0.3, -0.25) is 9.59 Å². The molecule has 1 N–H and O–H groups in total. The number of nitrogens with zero attached hydrogens (tertiary/aromatic N) is 1. The summed E-state index contributed by atoms with van der Waals surface area (Å²) in [6.45, 7) is 2.36. The van der Waals surface area contributed by atoms with Gasteiger partial charge in [0.15, 0.2) is 0 Å². The van der Waals surface area contributed by atoms with Gasteiger partial charge in [0.05, 0.1) is 6.54 Å². The first-order valence-electron chi connectivity index (χ1n) is 3.54. The Morgan fingerprint density at radius 3 is 2.50 bits per heavy atom. The fourth-order valence-electron chi connectivity index (χ4n) is 0.728. The summed E-state index contributed by atoms with van der Waals surface area (Å²) in [6.07, 6.45) is 4.49. The number of rotatable bonds is 4. The van der Waals surface area contributed by atoms with Gasteiger partial charge in [-0.2, -0.15) is 0 Å². The molecule has 0 spiro atoms. The number of carbonyl (C=O) groups excluding carboxylic acids is 1. The van der Waals surface area contributed by atoms with Crippen molar-refractivity contribution >= 4 is 11.9 Å². The molecule has 0 aromatic rings. The summed E-state index contributed by atoms with van der Waals surface area (Å²) in [4.78, 5) is 22.5. The summed E-state index contributed by atoms with van der Waals surface area (Å²) in [6, 6.07) is 0. The lowest BCUT2D eigenvalue weighted by Crippen LogP contribution is -2.32. The van der Waals surface area contributed by atoms with Crippen LogP contribution in [0.4, 0.5) is 0 Å². The van der Waals surface area contributed by atoms with Crippen LogP contribution in [0.3, 0.4) is 0 Å². The highest BCUT2D eigenvalue weighted by Gasteiger charge is 2.13. The van der Waals surface area contributed by atoms with Crippen LogP contribution < -0.4 is 0 Å². The van der Waals surface area contributed by atoms with E-state index in [1.165, 1.54) is 4.90 Å². The molecule has 0 aliphatic carbocycles. The summed E-state index contributed by atoms with van der Waals surface area (Å²) in [5.74, 6) is 0.714. The van der Waals surface area contributed by atoms with Crippen molar-refractivity contribution in [2.24, 2.45) is 0 Å². The van der Waals surface area contributed by atoms with Crippen LogP contribution in [0.25, 0.3) is 0 Å². The predicted octanol–water partition coefficient (Wildman–Crippen LogP) is -0.0572. The first-order chi connectivity index (χ1) is 5.61. The maximum Gasteiger partial charge on any atom is 0.312 e. The molecular weight excluding hydrogens is 158 g/mol. The van der Waals surface area contributed by atoms with Gasteiger partial charge in [-0.05, 0) is 6.92 Å². The quantitative estimate of drug-likeness (QED) is 0.474. The molecule has 0 heterocycles. The van der Waals surface area contributed by atoms with Crippen molar-refractivity contribution in [1.29, 1.82) is 0 Å². The maximum atomic E-state index is 11.0. The Labute approximate surface area is 71.2 Å². The van der Waals surface area contributed by atoms with Crippen LogP contribution in [0.15, 0.2) is 0 Å². The van der Waals surface area contributed by atoms with E-state index >= 15 is 0 Å². The number of hydrogen-bond acceptors (Lipinski definition) is 2. The number of amides is 1. The minimum absolute atomic E-state index is 0.169. The van der Waals surface area contributed by atoms with E-state index in [2.05, 4.69) is 5.92 Å². The van der Waals surface area contributed by atoms with Crippen molar-refractivity contribution in [3.05, 3.63) is 0 Å². The second kappa shape index (κ2) is 5.19. The molecule has 0 aromatic heterocycles. The van der Waals surface area contributed by atoms with Crippen LogP contribution in [-0.4, -0.2) is 35.0 Å². The number of aliphatic carboxylic acids is 1. The molecular formula is C8H11NO3. The highest BCUT2D eigenvalue weighted by Crippen LogP contribution is 1.92. The second-order valence-corrected chi connectivity index (χ2v) is 2.18. The van der Waals surface area contributed by atoms with Gasteiger partial charge >= 0.3 is 5.97 Å². The van der Waals surface area contributed by atoms with Crippen LogP contribution in [0, 0.1) is 12.3 Å². The summed E-state index contributed by atoms with van der Waals surface area (Å²) < 4.78 is 0. The summed E-state index contributed by atoms with van der Waals surface area (Å²) >= 11 is 0. The Balaban J connectivity index is 4.04. The van der Waals surface area contributed by atoms with Gasteiger partial charge in [-0.15, -0.1) is 6.42 Å². The molecule has 4 nitrogen and oxygen atoms in total. The van der Waals surface area contributed by atoms with Gasteiger partial charge in [-0.1, -0.05) is 5.92 Å². The molecule has 66 valence electrons. The third-order valence-electron chi connectivity index (χ3n) is 1.32. The Morgan fingerprint density at radius 1 is 1.58 bits per heavy atom. The van der Waals surface area contributed by atoms with Crippen LogP contribution in [-0.2, 0) is 9.59 Å². The molecule has 4 heteroatoms. The largest absolute Gasteiger partial charge is 0.481 e. The fourth-order valence-corrected chi connectivity index (χ4v) is 0.728. The monoisotopic (exact) mass is 169 g/mol. The van der Waals surface area contributed by atoms with Gasteiger partial charge < -0.3 is 10.0 Å². The molecule has 12 heavy (non-hydrogen) atoms. The van der Waals surface area contributed by atoms with Gasteiger partial charge in [0.1, 0.15) is 6.42 Å². The van der Waals surface area contributed by atoms with E-state index in [1.54, 1.807) is 6.92 Å². The van der Waals surface area contributed by atoms with Crippen LogP contribution >= 0.6 is 0 Å². The molecule has 0 aromatic carbocycles. The lowest BCUT2D eigenvalue weighted by Gasteiger charge is -2.16. The van der Waals surface area contributed by atoms with Crippen LogP contribution in [0.2, 0.25) is 0 Å². The van der Waals surface area contributed by atoms with Gasteiger partial charge in [0, 0.05) is 6.54 Å². The van der Waals surface area contributed by atoms with Crippen LogP contribution in [0.1, 0.15) is 13.3 Å². The summed E-state index contributed by atoms with van der Waals surface area (Å²) in [7, 11) is 0. The number of carboxylic acid groups (broad SMARTS) is 1. The first-order valence-corrected chi connectivity index (χ1v) is 3.54. The minimum atomic E-state index is -1.13. The smallest absolute Gasteiger partial charge is 0.312 e. The first kappa shape index (κ1) is 10.5. The fraction of sp³-hybridized carbons (Fsp3) is 0.500.